The number of fused-ring (bicyclic) bond motifs is 1. The molecular formula is C12H12O. The van der Waals surface area contributed by atoms with E-state index in [1.165, 1.54) is 11.1 Å². The van der Waals surface area contributed by atoms with Crippen LogP contribution in [0.1, 0.15) is 28.4 Å². The molecule has 0 aliphatic heterocycles. The quantitative estimate of drug-likeness (QED) is 0.550. The molecule has 13 heavy (non-hydrogen) atoms. The third-order valence-corrected chi connectivity index (χ3v) is 2.53. The van der Waals surface area contributed by atoms with E-state index < -0.39 is 0 Å². The van der Waals surface area contributed by atoms with Gasteiger partial charge in [0.1, 0.15) is 0 Å². The fourth-order valence-corrected chi connectivity index (χ4v) is 1.78. The number of carbonyl (C=O) groups is 1. The molecule has 0 saturated carbocycles. The molecule has 1 nitrogen and oxygen atoms in total. The fraction of sp³-hybridized carbons (Fsp3) is 0.250. The van der Waals surface area contributed by atoms with Crippen molar-refractivity contribution in [2.45, 2.75) is 20.3 Å². The number of rotatable bonds is 0. The van der Waals surface area contributed by atoms with E-state index in [1.807, 2.05) is 25.1 Å². The summed E-state index contributed by atoms with van der Waals surface area (Å²) in [6, 6.07) is 6.03. The molecule has 0 saturated heterocycles. The largest absolute Gasteiger partial charge is 0.289 e. The smallest absolute Gasteiger partial charge is 0.189 e. The Bertz CT molecular complexity index is 400. The summed E-state index contributed by atoms with van der Waals surface area (Å²) < 4.78 is 0. The highest BCUT2D eigenvalue weighted by Gasteiger charge is 2.23. The molecule has 0 aromatic heterocycles. The van der Waals surface area contributed by atoms with Gasteiger partial charge in [-0.2, -0.15) is 0 Å². The number of ketones is 1. The number of Topliss-reactive ketones (excluding diaryl/α,β-unsaturated/α-hetero) is 1. The van der Waals surface area contributed by atoms with Gasteiger partial charge in [0.25, 0.3) is 0 Å². The van der Waals surface area contributed by atoms with E-state index in [1.54, 1.807) is 0 Å². The first-order valence-electron chi connectivity index (χ1n) is 4.52. The van der Waals surface area contributed by atoms with E-state index in [4.69, 9.17) is 0 Å². The highest BCUT2D eigenvalue weighted by atomic mass is 16.1. The normalized spacial score (nSPS) is 18.0. The Labute approximate surface area is 78.1 Å². The van der Waals surface area contributed by atoms with Crippen LogP contribution in [0.15, 0.2) is 29.8 Å². The van der Waals surface area contributed by atoms with E-state index in [0.29, 0.717) is 0 Å². The summed E-state index contributed by atoms with van der Waals surface area (Å²) in [4.78, 5) is 11.7. The minimum Gasteiger partial charge on any atom is -0.289 e. The zero-order valence-corrected chi connectivity index (χ0v) is 7.92. The first kappa shape index (κ1) is 8.24. The second-order valence-electron chi connectivity index (χ2n) is 3.48. The predicted molar refractivity (Wildman–Crippen MR) is 53.0 cm³/mol. The number of benzene rings is 1. The van der Waals surface area contributed by atoms with Crippen LogP contribution >= 0.6 is 0 Å². The predicted octanol–water partition coefficient (Wildman–Crippen LogP) is 2.68. The monoisotopic (exact) mass is 172 g/mol. The van der Waals surface area contributed by atoms with Gasteiger partial charge in [-0.15, -0.1) is 0 Å². The van der Waals surface area contributed by atoms with Crippen LogP contribution in [0.5, 0.6) is 0 Å². The van der Waals surface area contributed by atoms with Gasteiger partial charge in [0.2, 0.25) is 0 Å². The molecule has 2 rings (SSSR count). The van der Waals surface area contributed by atoms with Crippen LogP contribution < -0.4 is 0 Å². The standard InChI is InChI=1S/C12H12O/c1-3-9-7-10-6-8(2)4-5-11(10)12(9)13/h3-6H,7H2,1-2H3/b9-3+. The molecule has 1 aliphatic carbocycles. The molecule has 0 fully saturated rings. The van der Waals surface area contributed by atoms with Crippen LogP contribution in [0, 0.1) is 6.92 Å². The SMILES string of the molecule is C/C=C1\Cc2cc(C)ccc2C1=O. The molecule has 1 aromatic carbocycles. The van der Waals surface area contributed by atoms with Gasteiger partial charge in [0.05, 0.1) is 0 Å². The summed E-state index contributed by atoms with van der Waals surface area (Å²) in [5.74, 6) is 0.206. The van der Waals surface area contributed by atoms with E-state index in [9.17, 15) is 4.79 Å². The average molecular weight is 172 g/mol. The third kappa shape index (κ3) is 1.21. The maximum Gasteiger partial charge on any atom is 0.189 e. The first-order chi connectivity index (χ1) is 6.22. The molecule has 0 bridgehead atoms. The van der Waals surface area contributed by atoms with E-state index >= 15 is 0 Å². The molecule has 1 aromatic rings. The summed E-state index contributed by atoms with van der Waals surface area (Å²) in [5, 5.41) is 0. The Balaban J connectivity index is 2.56. The van der Waals surface area contributed by atoms with Gasteiger partial charge >= 0.3 is 0 Å². The van der Waals surface area contributed by atoms with Crippen LogP contribution in [-0.4, -0.2) is 5.78 Å². The van der Waals surface area contributed by atoms with Crippen LogP contribution in [-0.2, 0) is 6.42 Å². The Morgan fingerprint density at radius 2 is 2.15 bits per heavy atom. The summed E-state index contributed by atoms with van der Waals surface area (Å²) in [5.41, 5.74) is 4.22. The van der Waals surface area contributed by atoms with E-state index in [-0.39, 0.29) is 5.78 Å². The molecule has 66 valence electrons. The van der Waals surface area contributed by atoms with Crippen molar-refractivity contribution in [1.82, 2.24) is 0 Å². The Kier molecular flexibility index (Phi) is 1.80. The van der Waals surface area contributed by atoms with E-state index in [2.05, 4.69) is 13.0 Å². The third-order valence-electron chi connectivity index (χ3n) is 2.53. The number of hydrogen-bond acceptors (Lipinski definition) is 1. The Morgan fingerprint density at radius 1 is 1.38 bits per heavy atom. The summed E-state index contributed by atoms with van der Waals surface area (Å²) in [7, 11) is 0. The first-order valence-corrected chi connectivity index (χ1v) is 4.52. The van der Waals surface area contributed by atoms with Crippen molar-refractivity contribution in [2.24, 2.45) is 0 Å². The lowest BCUT2D eigenvalue weighted by molar-refractivity contribution is 0.103. The van der Waals surface area contributed by atoms with E-state index in [0.717, 1.165) is 17.6 Å². The zero-order valence-electron chi connectivity index (χ0n) is 7.92. The summed E-state index contributed by atoms with van der Waals surface area (Å²) in [6.45, 7) is 3.98. The Hall–Kier alpha value is -1.37. The molecule has 0 atom stereocenters. The van der Waals surface area contributed by atoms with Crippen LogP contribution in [0.25, 0.3) is 0 Å². The maximum absolute atomic E-state index is 11.7. The topological polar surface area (TPSA) is 17.1 Å². The molecule has 0 unspecified atom stereocenters. The van der Waals surface area contributed by atoms with Crippen molar-refractivity contribution in [2.75, 3.05) is 0 Å². The second-order valence-corrected chi connectivity index (χ2v) is 3.48. The summed E-state index contributed by atoms with van der Waals surface area (Å²) in [6.07, 6.45) is 2.73. The fourth-order valence-electron chi connectivity index (χ4n) is 1.78. The molecule has 0 heterocycles. The number of aryl methyl sites for hydroxylation is 1. The Morgan fingerprint density at radius 3 is 2.85 bits per heavy atom. The second kappa shape index (κ2) is 2.84. The van der Waals surface area contributed by atoms with Gasteiger partial charge in [-0.25, -0.2) is 0 Å². The van der Waals surface area contributed by atoms with Gasteiger partial charge in [-0.1, -0.05) is 29.8 Å². The summed E-state index contributed by atoms with van der Waals surface area (Å²) >= 11 is 0. The molecular weight excluding hydrogens is 160 g/mol. The average Bonchev–Trinajstić information content (AvgIpc) is 2.42. The molecule has 1 aliphatic rings. The lowest BCUT2D eigenvalue weighted by Crippen LogP contribution is -1.94. The maximum atomic E-state index is 11.7. The van der Waals surface area contributed by atoms with Crippen LogP contribution in [0.2, 0.25) is 0 Å². The number of carbonyl (C=O) groups excluding carboxylic acids is 1. The van der Waals surface area contributed by atoms with Gasteiger partial charge in [-0.3, -0.25) is 4.79 Å². The number of allylic oxidation sites excluding steroid dienone is 2. The molecule has 0 spiro atoms. The van der Waals surface area contributed by atoms with Gasteiger partial charge in [-0.05, 0) is 19.4 Å². The minimum atomic E-state index is 0.206. The highest BCUT2D eigenvalue weighted by Crippen LogP contribution is 2.26. The molecule has 0 N–H and O–H groups in total. The van der Waals surface area contributed by atoms with Gasteiger partial charge in [0.15, 0.2) is 5.78 Å². The molecule has 0 radical (unpaired) electrons. The van der Waals surface area contributed by atoms with Crippen molar-refractivity contribution in [3.05, 3.63) is 46.5 Å². The molecule has 0 amide bonds. The number of hydrogen-bond donors (Lipinski definition) is 0. The highest BCUT2D eigenvalue weighted by molar-refractivity contribution is 6.13. The lowest BCUT2D eigenvalue weighted by atomic mass is 10.1. The lowest BCUT2D eigenvalue weighted by Gasteiger charge is -1.96. The van der Waals surface area contributed by atoms with Gasteiger partial charge in [0, 0.05) is 17.6 Å². The zero-order chi connectivity index (χ0) is 9.42. The van der Waals surface area contributed by atoms with Crippen molar-refractivity contribution >= 4 is 5.78 Å². The van der Waals surface area contributed by atoms with Gasteiger partial charge < -0.3 is 0 Å². The minimum absolute atomic E-state index is 0.206. The van der Waals surface area contributed by atoms with Crippen molar-refractivity contribution in [3.8, 4) is 0 Å². The molecule has 1 heteroatoms. The van der Waals surface area contributed by atoms with Crippen molar-refractivity contribution in [1.29, 1.82) is 0 Å². The van der Waals surface area contributed by atoms with Crippen LogP contribution in [0.4, 0.5) is 0 Å². The van der Waals surface area contributed by atoms with Crippen molar-refractivity contribution in [3.63, 3.8) is 0 Å². The van der Waals surface area contributed by atoms with Crippen molar-refractivity contribution < 1.29 is 4.79 Å². The van der Waals surface area contributed by atoms with Crippen LogP contribution in [0.3, 0.4) is 0 Å².